The lowest BCUT2D eigenvalue weighted by Crippen LogP contribution is -2.52. The summed E-state index contributed by atoms with van der Waals surface area (Å²) >= 11 is 1.58. The van der Waals surface area contributed by atoms with Crippen LogP contribution in [0.1, 0.15) is 36.7 Å². The van der Waals surface area contributed by atoms with Crippen molar-refractivity contribution >= 4 is 23.6 Å². The summed E-state index contributed by atoms with van der Waals surface area (Å²) in [5.41, 5.74) is 2.85. The molecule has 1 aromatic heterocycles. The Balaban J connectivity index is 1.50. The molecule has 4 rings (SSSR count). The minimum Gasteiger partial charge on any atom is -0.416 e. The average Bonchev–Trinajstić information content (AvgIpc) is 3.43. The molecule has 1 aliphatic rings. The third kappa shape index (κ3) is 4.70. The van der Waals surface area contributed by atoms with Gasteiger partial charge in [-0.3, -0.25) is 9.59 Å². The van der Waals surface area contributed by atoms with E-state index in [2.05, 4.69) is 15.5 Å². The lowest BCUT2D eigenvalue weighted by molar-refractivity contribution is -0.125. The van der Waals surface area contributed by atoms with Gasteiger partial charge in [0.05, 0.1) is 5.88 Å². The number of aromatic nitrogens is 2. The maximum atomic E-state index is 13.1. The monoisotopic (exact) mass is 450 g/mol. The number of hydrogen-bond acceptors (Lipinski definition) is 6. The second-order valence-corrected chi connectivity index (χ2v) is 9.83. The Kier molecular flexibility index (Phi) is 6.06. The maximum absolute atomic E-state index is 13.1. The Morgan fingerprint density at radius 3 is 2.44 bits per heavy atom. The van der Waals surface area contributed by atoms with Gasteiger partial charge in [-0.05, 0) is 63.6 Å². The van der Waals surface area contributed by atoms with Crippen molar-refractivity contribution in [3.05, 3.63) is 59.7 Å². The highest BCUT2D eigenvalue weighted by Crippen LogP contribution is 2.28. The Morgan fingerprint density at radius 2 is 1.75 bits per heavy atom. The molecule has 1 fully saturated rings. The highest BCUT2D eigenvalue weighted by Gasteiger charge is 2.36. The van der Waals surface area contributed by atoms with Gasteiger partial charge < -0.3 is 14.6 Å². The summed E-state index contributed by atoms with van der Waals surface area (Å²) in [5.74, 6) is 1.65. The zero-order valence-corrected chi connectivity index (χ0v) is 19.4. The number of thioether (sulfide) groups is 1. The lowest BCUT2D eigenvalue weighted by Gasteiger charge is -2.27. The molecule has 0 spiro atoms. The van der Waals surface area contributed by atoms with Crippen LogP contribution in [-0.4, -0.2) is 50.1 Å². The second-order valence-electron chi connectivity index (χ2n) is 8.83. The van der Waals surface area contributed by atoms with Gasteiger partial charge in [0.15, 0.2) is 0 Å². The summed E-state index contributed by atoms with van der Waals surface area (Å²) in [6.45, 7) is 7.78. The van der Waals surface area contributed by atoms with Gasteiger partial charge in [0.2, 0.25) is 17.7 Å². The second kappa shape index (κ2) is 8.78. The number of amides is 2. The fourth-order valence-electron chi connectivity index (χ4n) is 3.50. The number of nitrogens with zero attached hydrogens (tertiary/aromatic N) is 3. The van der Waals surface area contributed by atoms with E-state index in [1.54, 1.807) is 40.9 Å². The first-order valence-electron chi connectivity index (χ1n) is 10.4. The predicted octanol–water partition coefficient (Wildman–Crippen LogP) is 4.14. The van der Waals surface area contributed by atoms with Crippen LogP contribution in [-0.2, 0) is 4.79 Å². The van der Waals surface area contributed by atoms with E-state index in [0.717, 1.165) is 16.7 Å². The molecule has 7 nitrogen and oxygen atoms in total. The van der Waals surface area contributed by atoms with Crippen LogP contribution in [0.25, 0.3) is 22.9 Å². The molecule has 1 atom stereocenters. The molecule has 1 N–H and O–H groups in total. The molecule has 8 heteroatoms. The van der Waals surface area contributed by atoms with Gasteiger partial charge in [-0.2, -0.15) is 0 Å². The molecule has 2 heterocycles. The van der Waals surface area contributed by atoms with E-state index >= 15 is 0 Å². The lowest BCUT2D eigenvalue weighted by atomic mass is 10.1. The first-order chi connectivity index (χ1) is 15.2. The quantitative estimate of drug-likeness (QED) is 0.643. The van der Waals surface area contributed by atoms with Gasteiger partial charge in [-0.1, -0.05) is 18.2 Å². The van der Waals surface area contributed by atoms with Gasteiger partial charge in [0.1, 0.15) is 6.04 Å². The number of benzene rings is 2. The Morgan fingerprint density at radius 1 is 1.06 bits per heavy atom. The molecule has 32 heavy (non-hydrogen) atoms. The summed E-state index contributed by atoms with van der Waals surface area (Å²) in [6, 6.07) is 14.4. The molecule has 0 radical (unpaired) electrons. The number of aryl methyl sites for hydroxylation is 1. The predicted molar refractivity (Wildman–Crippen MR) is 125 cm³/mol. The minimum atomic E-state index is -0.473. The molecule has 1 aliphatic heterocycles. The number of carbonyl (C=O) groups excluding carboxylic acids is 2. The minimum absolute atomic E-state index is 0.123. The van der Waals surface area contributed by atoms with Gasteiger partial charge in [-0.25, -0.2) is 0 Å². The average molecular weight is 451 g/mol. The van der Waals surface area contributed by atoms with Gasteiger partial charge in [0.25, 0.3) is 5.91 Å². The van der Waals surface area contributed by atoms with Crippen molar-refractivity contribution in [1.82, 2.24) is 20.4 Å². The number of hydrogen-bond donors (Lipinski definition) is 1. The van der Waals surface area contributed by atoms with E-state index in [9.17, 15) is 9.59 Å². The van der Waals surface area contributed by atoms with Crippen LogP contribution in [0.3, 0.4) is 0 Å². The smallest absolute Gasteiger partial charge is 0.255 e. The van der Waals surface area contributed by atoms with E-state index in [4.69, 9.17) is 4.42 Å². The van der Waals surface area contributed by atoms with E-state index in [1.165, 1.54) is 0 Å². The van der Waals surface area contributed by atoms with Crippen molar-refractivity contribution < 1.29 is 14.0 Å². The molecule has 3 aromatic rings. The highest BCUT2D eigenvalue weighted by molar-refractivity contribution is 7.99. The van der Waals surface area contributed by atoms with Crippen molar-refractivity contribution in [3.8, 4) is 22.9 Å². The van der Waals surface area contributed by atoms with Crippen LogP contribution in [0, 0.1) is 6.92 Å². The Hall–Kier alpha value is -3.13. The zero-order valence-electron chi connectivity index (χ0n) is 18.6. The standard InChI is InChI=1S/C24H26N4O3S/c1-15-7-5-6-8-18(15)22-27-26-21(31-22)16-9-11-17(12-10-16)23(30)28-14-32-13-19(28)20(29)25-24(2,3)4/h5-12,19H,13-14H2,1-4H3,(H,25,29). The van der Waals surface area contributed by atoms with E-state index in [1.807, 2.05) is 52.0 Å². The fourth-order valence-corrected chi connectivity index (χ4v) is 4.65. The number of nitrogens with one attached hydrogen (secondary N) is 1. The largest absolute Gasteiger partial charge is 0.416 e. The molecule has 0 bridgehead atoms. The zero-order chi connectivity index (χ0) is 22.9. The van der Waals surface area contributed by atoms with Crippen molar-refractivity contribution in [2.45, 2.75) is 39.3 Å². The summed E-state index contributed by atoms with van der Waals surface area (Å²) in [6.07, 6.45) is 0. The SMILES string of the molecule is Cc1ccccc1-c1nnc(-c2ccc(C(=O)N3CSCC3C(=O)NC(C)(C)C)cc2)o1. The third-order valence-electron chi connectivity index (χ3n) is 5.12. The Labute approximate surface area is 191 Å². The van der Waals surface area contributed by atoms with Crippen LogP contribution >= 0.6 is 11.8 Å². The van der Waals surface area contributed by atoms with Gasteiger partial charge in [-0.15, -0.1) is 22.0 Å². The molecule has 1 saturated heterocycles. The van der Waals surface area contributed by atoms with Gasteiger partial charge in [0, 0.05) is 28.0 Å². The van der Waals surface area contributed by atoms with Crippen LogP contribution in [0.15, 0.2) is 52.9 Å². The number of rotatable bonds is 4. The molecule has 0 saturated carbocycles. The van der Waals surface area contributed by atoms with Crippen molar-refractivity contribution in [2.24, 2.45) is 0 Å². The molecular weight excluding hydrogens is 424 g/mol. The third-order valence-corrected chi connectivity index (χ3v) is 6.14. The van der Waals surface area contributed by atoms with Crippen molar-refractivity contribution in [3.63, 3.8) is 0 Å². The van der Waals surface area contributed by atoms with Crippen LogP contribution in [0.2, 0.25) is 0 Å². The van der Waals surface area contributed by atoms with Crippen molar-refractivity contribution in [1.29, 1.82) is 0 Å². The Bertz CT molecular complexity index is 1130. The van der Waals surface area contributed by atoms with E-state index in [0.29, 0.717) is 29.0 Å². The topological polar surface area (TPSA) is 88.3 Å². The molecule has 166 valence electrons. The maximum Gasteiger partial charge on any atom is 0.255 e. The molecule has 2 aromatic carbocycles. The van der Waals surface area contributed by atoms with Crippen LogP contribution in [0.5, 0.6) is 0 Å². The van der Waals surface area contributed by atoms with Gasteiger partial charge >= 0.3 is 0 Å². The summed E-state index contributed by atoms with van der Waals surface area (Å²) < 4.78 is 5.86. The number of carbonyl (C=O) groups is 2. The summed E-state index contributed by atoms with van der Waals surface area (Å²) in [4.78, 5) is 27.4. The normalized spacial score (nSPS) is 16.2. The fraction of sp³-hybridized carbons (Fsp3) is 0.333. The van der Waals surface area contributed by atoms with Crippen LogP contribution < -0.4 is 5.32 Å². The summed E-state index contributed by atoms with van der Waals surface area (Å²) in [5, 5.41) is 11.3. The molecule has 1 unspecified atom stereocenters. The molecule has 0 aliphatic carbocycles. The highest BCUT2D eigenvalue weighted by atomic mass is 32.2. The molecule has 2 amide bonds. The van der Waals surface area contributed by atoms with E-state index < -0.39 is 6.04 Å². The first-order valence-corrected chi connectivity index (χ1v) is 11.6. The van der Waals surface area contributed by atoms with Crippen LogP contribution in [0.4, 0.5) is 0 Å². The van der Waals surface area contributed by atoms with E-state index in [-0.39, 0.29) is 17.4 Å². The first kappa shape index (κ1) is 22.1. The van der Waals surface area contributed by atoms with Crippen molar-refractivity contribution in [2.75, 3.05) is 11.6 Å². The molecular formula is C24H26N4O3S. The summed E-state index contributed by atoms with van der Waals surface area (Å²) in [7, 11) is 0.